The number of rotatable bonds is 5. The third-order valence-corrected chi connectivity index (χ3v) is 2.83. The van der Waals surface area contributed by atoms with Gasteiger partial charge in [0.2, 0.25) is 0 Å². The van der Waals surface area contributed by atoms with E-state index in [4.69, 9.17) is 5.11 Å². The van der Waals surface area contributed by atoms with E-state index in [1.54, 1.807) is 4.68 Å². The largest absolute Gasteiger partial charge is 0.481 e. The van der Waals surface area contributed by atoms with Crippen LogP contribution in [-0.2, 0) is 17.8 Å². The predicted octanol–water partition coefficient (Wildman–Crippen LogP) is 1.65. The number of carboxylic acid groups (broad SMARTS) is 1. The van der Waals surface area contributed by atoms with Gasteiger partial charge in [-0.05, 0) is 12.5 Å². The van der Waals surface area contributed by atoms with Gasteiger partial charge in [0.15, 0.2) is 0 Å². The van der Waals surface area contributed by atoms with Crippen LogP contribution in [0.25, 0.3) is 0 Å². The standard InChI is InChI=1S/C13H15N3O2/c1-10-12(7-8-13(17)18)14-15-16(10)9-11-5-3-2-4-6-11/h2-6H,7-9H2,1H3,(H,17,18). The molecule has 18 heavy (non-hydrogen) atoms. The number of hydrogen-bond donors (Lipinski definition) is 1. The van der Waals surface area contributed by atoms with Gasteiger partial charge in [-0.25, -0.2) is 4.68 Å². The molecule has 0 saturated carbocycles. The van der Waals surface area contributed by atoms with Gasteiger partial charge in [-0.2, -0.15) is 0 Å². The van der Waals surface area contributed by atoms with Crippen LogP contribution in [0.3, 0.4) is 0 Å². The molecule has 0 aliphatic heterocycles. The zero-order valence-electron chi connectivity index (χ0n) is 10.2. The van der Waals surface area contributed by atoms with Gasteiger partial charge in [0.05, 0.1) is 24.4 Å². The number of nitrogens with zero attached hydrogens (tertiary/aromatic N) is 3. The second-order valence-electron chi connectivity index (χ2n) is 4.16. The molecular formula is C13H15N3O2. The number of hydrogen-bond acceptors (Lipinski definition) is 3. The molecule has 0 aliphatic carbocycles. The summed E-state index contributed by atoms with van der Waals surface area (Å²) >= 11 is 0. The molecule has 0 fully saturated rings. The highest BCUT2D eigenvalue weighted by molar-refractivity contribution is 5.67. The average molecular weight is 245 g/mol. The molecule has 94 valence electrons. The van der Waals surface area contributed by atoms with Gasteiger partial charge in [0.1, 0.15) is 0 Å². The first-order chi connectivity index (χ1) is 8.66. The fourth-order valence-corrected chi connectivity index (χ4v) is 1.76. The van der Waals surface area contributed by atoms with Crippen molar-refractivity contribution in [2.75, 3.05) is 0 Å². The van der Waals surface area contributed by atoms with Crippen molar-refractivity contribution in [3.05, 3.63) is 47.3 Å². The highest BCUT2D eigenvalue weighted by Gasteiger charge is 2.10. The fraction of sp³-hybridized carbons (Fsp3) is 0.308. The smallest absolute Gasteiger partial charge is 0.303 e. The SMILES string of the molecule is Cc1c(CCC(=O)O)nnn1Cc1ccccc1. The molecule has 1 heterocycles. The van der Waals surface area contributed by atoms with Gasteiger partial charge in [-0.3, -0.25) is 4.79 Å². The van der Waals surface area contributed by atoms with E-state index in [0.717, 1.165) is 17.0 Å². The van der Waals surface area contributed by atoms with Gasteiger partial charge in [0.25, 0.3) is 0 Å². The van der Waals surface area contributed by atoms with Gasteiger partial charge < -0.3 is 5.11 Å². The van der Waals surface area contributed by atoms with Crippen LogP contribution in [0.1, 0.15) is 23.4 Å². The first kappa shape index (κ1) is 12.3. The highest BCUT2D eigenvalue weighted by Crippen LogP contribution is 2.09. The maximum atomic E-state index is 10.5. The summed E-state index contributed by atoms with van der Waals surface area (Å²) in [5, 5.41) is 16.7. The molecule has 0 bridgehead atoms. The summed E-state index contributed by atoms with van der Waals surface area (Å²) in [7, 11) is 0. The molecule has 0 aliphatic rings. The fourth-order valence-electron chi connectivity index (χ4n) is 1.76. The molecule has 2 aromatic rings. The second-order valence-corrected chi connectivity index (χ2v) is 4.16. The average Bonchev–Trinajstić information content (AvgIpc) is 2.70. The minimum atomic E-state index is -0.813. The lowest BCUT2D eigenvalue weighted by Gasteiger charge is -2.03. The molecule has 1 aromatic carbocycles. The van der Waals surface area contributed by atoms with Crippen LogP contribution in [0, 0.1) is 6.92 Å². The Bertz CT molecular complexity index is 534. The molecule has 0 saturated heterocycles. The quantitative estimate of drug-likeness (QED) is 0.869. The molecule has 2 rings (SSSR count). The lowest BCUT2D eigenvalue weighted by molar-refractivity contribution is -0.136. The summed E-state index contributed by atoms with van der Waals surface area (Å²) in [6, 6.07) is 9.98. The molecular weight excluding hydrogens is 230 g/mol. The Kier molecular flexibility index (Phi) is 3.72. The Hall–Kier alpha value is -2.17. The maximum Gasteiger partial charge on any atom is 0.303 e. The zero-order valence-corrected chi connectivity index (χ0v) is 10.2. The topological polar surface area (TPSA) is 68.0 Å². The Morgan fingerprint density at radius 1 is 1.33 bits per heavy atom. The third kappa shape index (κ3) is 2.94. The van der Waals surface area contributed by atoms with Crippen molar-refractivity contribution < 1.29 is 9.90 Å². The Morgan fingerprint density at radius 3 is 2.72 bits per heavy atom. The molecule has 1 aromatic heterocycles. The van der Waals surface area contributed by atoms with Crippen molar-refractivity contribution in [3.8, 4) is 0 Å². The molecule has 0 radical (unpaired) electrons. The zero-order chi connectivity index (χ0) is 13.0. The van der Waals surface area contributed by atoms with Crippen molar-refractivity contribution in [2.45, 2.75) is 26.3 Å². The molecule has 0 atom stereocenters. The van der Waals surface area contributed by atoms with Crippen molar-refractivity contribution in [1.82, 2.24) is 15.0 Å². The van der Waals surface area contributed by atoms with Gasteiger partial charge >= 0.3 is 5.97 Å². The van der Waals surface area contributed by atoms with E-state index in [1.165, 1.54) is 0 Å². The van der Waals surface area contributed by atoms with Crippen LogP contribution in [0.15, 0.2) is 30.3 Å². The number of benzene rings is 1. The van der Waals surface area contributed by atoms with Crippen LogP contribution in [-0.4, -0.2) is 26.1 Å². The molecule has 5 nitrogen and oxygen atoms in total. The Balaban J connectivity index is 2.08. The first-order valence-electron chi connectivity index (χ1n) is 5.81. The van der Waals surface area contributed by atoms with Gasteiger partial charge in [0, 0.05) is 6.42 Å². The summed E-state index contributed by atoms with van der Waals surface area (Å²) in [5.74, 6) is -0.813. The Labute approximate surface area is 105 Å². The summed E-state index contributed by atoms with van der Waals surface area (Å²) in [5.41, 5.74) is 2.84. The highest BCUT2D eigenvalue weighted by atomic mass is 16.4. The minimum absolute atomic E-state index is 0.0882. The maximum absolute atomic E-state index is 10.5. The molecule has 0 amide bonds. The molecule has 0 unspecified atom stereocenters. The summed E-state index contributed by atoms with van der Waals surface area (Å²) < 4.78 is 1.80. The van der Waals surface area contributed by atoms with E-state index in [2.05, 4.69) is 10.3 Å². The monoisotopic (exact) mass is 245 g/mol. The van der Waals surface area contributed by atoms with Crippen LogP contribution < -0.4 is 0 Å². The predicted molar refractivity (Wildman–Crippen MR) is 66.3 cm³/mol. The van der Waals surface area contributed by atoms with Crippen LogP contribution in [0.2, 0.25) is 0 Å². The molecule has 1 N–H and O–H groups in total. The van der Waals surface area contributed by atoms with Crippen molar-refractivity contribution >= 4 is 5.97 Å². The van der Waals surface area contributed by atoms with Crippen molar-refractivity contribution in [2.24, 2.45) is 0 Å². The van der Waals surface area contributed by atoms with Gasteiger partial charge in [-0.1, -0.05) is 35.5 Å². The second kappa shape index (κ2) is 5.44. The van der Waals surface area contributed by atoms with E-state index in [1.807, 2.05) is 37.3 Å². The molecule has 0 spiro atoms. The minimum Gasteiger partial charge on any atom is -0.481 e. The van der Waals surface area contributed by atoms with E-state index in [-0.39, 0.29) is 6.42 Å². The summed E-state index contributed by atoms with van der Waals surface area (Å²) in [6.45, 7) is 2.58. The third-order valence-electron chi connectivity index (χ3n) is 2.83. The van der Waals surface area contributed by atoms with Crippen LogP contribution in [0.4, 0.5) is 0 Å². The van der Waals surface area contributed by atoms with Gasteiger partial charge in [-0.15, -0.1) is 5.10 Å². The summed E-state index contributed by atoms with van der Waals surface area (Å²) in [4.78, 5) is 10.5. The first-order valence-corrected chi connectivity index (χ1v) is 5.81. The van der Waals surface area contributed by atoms with E-state index in [0.29, 0.717) is 13.0 Å². The van der Waals surface area contributed by atoms with E-state index in [9.17, 15) is 4.79 Å². The molecule has 5 heteroatoms. The van der Waals surface area contributed by atoms with Crippen LogP contribution >= 0.6 is 0 Å². The Morgan fingerprint density at radius 2 is 2.06 bits per heavy atom. The van der Waals surface area contributed by atoms with E-state index < -0.39 is 5.97 Å². The number of aryl methyl sites for hydroxylation is 1. The lowest BCUT2D eigenvalue weighted by Crippen LogP contribution is -2.04. The van der Waals surface area contributed by atoms with Crippen molar-refractivity contribution in [1.29, 1.82) is 0 Å². The number of carboxylic acids is 1. The van der Waals surface area contributed by atoms with Crippen molar-refractivity contribution in [3.63, 3.8) is 0 Å². The summed E-state index contributed by atoms with van der Waals surface area (Å²) in [6.07, 6.45) is 0.515. The normalized spacial score (nSPS) is 10.5. The van der Waals surface area contributed by atoms with Crippen LogP contribution in [0.5, 0.6) is 0 Å². The number of aromatic nitrogens is 3. The number of carbonyl (C=O) groups is 1. The van der Waals surface area contributed by atoms with E-state index >= 15 is 0 Å². The lowest BCUT2D eigenvalue weighted by atomic mass is 10.2. The number of aliphatic carboxylic acids is 1.